The fraction of sp³-hybridized carbons (Fsp3) is 0.118. The predicted molar refractivity (Wildman–Crippen MR) is 91.8 cm³/mol. The van der Waals surface area contributed by atoms with Gasteiger partial charge in [-0.3, -0.25) is 0 Å². The lowest BCUT2D eigenvalue weighted by Gasteiger charge is -2.04. The molecule has 4 nitrogen and oxygen atoms in total. The normalized spacial score (nSPS) is 11.5. The van der Waals surface area contributed by atoms with Crippen LogP contribution in [0.4, 0.5) is 4.39 Å². The first-order valence-corrected chi connectivity index (χ1v) is 9.56. The number of benzene rings is 2. The molecule has 0 bridgehead atoms. The molecule has 3 aromatic rings. The van der Waals surface area contributed by atoms with Gasteiger partial charge in [0.15, 0.2) is 0 Å². The number of nitrogens with zero attached hydrogens (tertiary/aromatic N) is 1. The summed E-state index contributed by atoms with van der Waals surface area (Å²) in [4.78, 5) is 5.47. The zero-order valence-electron chi connectivity index (χ0n) is 12.6. The molecule has 0 spiro atoms. The molecule has 1 N–H and O–H groups in total. The first-order chi connectivity index (χ1) is 11.5. The van der Waals surface area contributed by atoms with Gasteiger partial charge < -0.3 is 0 Å². The van der Waals surface area contributed by atoms with Crippen molar-refractivity contribution in [1.29, 1.82) is 0 Å². The highest BCUT2D eigenvalue weighted by Crippen LogP contribution is 2.18. The highest BCUT2D eigenvalue weighted by molar-refractivity contribution is 7.89. The molecule has 3 rings (SSSR count). The summed E-state index contributed by atoms with van der Waals surface area (Å²) < 4.78 is 39.8. The largest absolute Gasteiger partial charge is 0.248 e. The highest BCUT2D eigenvalue weighted by atomic mass is 32.2. The van der Waals surface area contributed by atoms with Gasteiger partial charge in [0.1, 0.15) is 10.8 Å². The van der Waals surface area contributed by atoms with Gasteiger partial charge in [-0.15, -0.1) is 11.3 Å². The highest BCUT2D eigenvalue weighted by Gasteiger charge is 2.14. The van der Waals surface area contributed by atoms with Crippen LogP contribution >= 0.6 is 11.3 Å². The third-order valence-electron chi connectivity index (χ3n) is 3.36. The minimum atomic E-state index is -3.54. The van der Waals surface area contributed by atoms with Crippen molar-refractivity contribution in [3.05, 3.63) is 82.1 Å². The minimum Gasteiger partial charge on any atom is -0.248 e. The van der Waals surface area contributed by atoms with E-state index in [9.17, 15) is 12.8 Å². The molecule has 0 aliphatic heterocycles. The number of hydrogen-bond donors (Lipinski definition) is 1. The van der Waals surface area contributed by atoms with E-state index in [1.54, 1.807) is 48.7 Å². The molecule has 0 radical (unpaired) electrons. The van der Waals surface area contributed by atoms with Crippen molar-refractivity contribution < 1.29 is 12.8 Å². The summed E-state index contributed by atoms with van der Waals surface area (Å²) in [7, 11) is -3.54. The Labute approximate surface area is 144 Å². The Balaban J connectivity index is 1.63. The second-order valence-electron chi connectivity index (χ2n) is 5.16. The number of sulfonamides is 1. The van der Waals surface area contributed by atoms with Crippen LogP contribution in [0.3, 0.4) is 0 Å². The van der Waals surface area contributed by atoms with E-state index in [0.717, 1.165) is 10.4 Å². The maximum absolute atomic E-state index is 12.9. The Morgan fingerprint density at radius 1 is 1.04 bits per heavy atom. The van der Waals surface area contributed by atoms with E-state index >= 15 is 0 Å². The number of thiazole rings is 1. The molecule has 0 aliphatic rings. The molecular formula is C17H15FN2O2S2. The van der Waals surface area contributed by atoms with Crippen LogP contribution in [0.25, 0.3) is 0 Å². The van der Waals surface area contributed by atoms with Gasteiger partial charge in [-0.2, -0.15) is 0 Å². The number of nitrogens with one attached hydrogen (secondary N) is 1. The fourth-order valence-electron chi connectivity index (χ4n) is 2.15. The number of rotatable bonds is 6. The first-order valence-electron chi connectivity index (χ1n) is 7.26. The molecule has 0 saturated carbocycles. The molecule has 0 fully saturated rings. The van der Waals surface area contributed by atoms with Gasteiger partial charge in [0.05, 0.1) is 11.4 Å². The Bertz CT molecular complexity index is 907. The van der Waals surface area contributed by atoms with Crippen molar-refractivity contribution in [3.8, 4) is 0 Å². The van der Waals surface area contributed by atoms with Crippen molar-refractivity contribution in [2.24, 2.45) is 0 Å². The van der Waals surface area contributed by atoms with Crippen LogP contribution in [0.2, 0.25) is 0 Å². The second-order valence-corrected chi connectivity index (χ2v) is 8.13. The Kier molecular flexibility index (Phi) is 5.03. The van der Waals surface area contributed by atoms with Crippen molar-refractivity contribution in [2.75, 3.05) is 0 Å². The van der Waals surface area contributed by atoms with Crippen LogP contribution in [-0.2, 0) is 23.0 Å². The van der Waals surface area contributed by atoms with Crippen LogP contribution in [-0.4, -0.2) is 13.4 Å². The van der Waals surface area contributed by atoms with Crippen LogP contribution in [0, 0.1) is 5.82 Å². The standard InChI is InChI=1S/C17H15FN2O2S2/c18-14-8-6-13(7-9-14)10-15-11-19-17(23-15)12-20-24(21,22)16-4-2-1-3-5-16/h1-9,11,20H,10,12H2. The lowest BCUT2D eigenvalue weighted by molar-refractivity contribution is 0.581. The van der Waals surface area contributed by atoms with Gasteiger partial charge in [-0.1, -0.05) is 30.3 Å². The van der Waals surface area contributed by atoms with Crippen molar-refractivity contribution in [2.45, 2.75) is 17.9 Å². The predicted octanol–water partition coefficient (Wildman–Crippen LogP) is 3.35. The van der Waals surface area contributed by atoms with E-state index in [0.29, 0.717) is 11.4 Å². The molecule has 0 saturated heterocycles. The topological polar surface area (TPSA) is 59.1 Å². The zero-order valence-corrected chi connectivity index (χ0v) is 14.3. The molecule has 0 amide bonds. The summed E-state index contributed by atoms with van der Waals surface area (Å²) in [6, 6.07) is 14.5. The molecule has 0 unspecified atom stereocenters. The average Bonchev–Trinajstić information content (AvgIpc) is 3.04. The molecule has 0 aliphatic carbocycles. The lowest BCUT2D eigenvalue weighted by atomic mass is 10.1. The van der Waals surface area contributed by atoms with Crippen molar-refractivity contribution in [1.82, 2.24) is 9.71 Å². The maximum atomic E-state index is 12.9. The van der Waals surface area contributed by atoms with Gasteiger partial charge in [-0.05, 0) is 29.8 Å². The molecule has 24 heavy (non-hydrogen) atoms. The Hall–Kier alpha value is -2.09. The van der Waals surface area contributed by atoms with E-state index in [1.807, 2.05) is 0 Å². The lowest BCUT2D eigenvalue weighted by Crippen LogP contribution is -2.23. The summed E-state index contributed by atoms with van der Waals surface area (Å²) in [6.07, 6.45) is 2.36. The minimum absolute atomic E-state index is 0.144. The van der Waals surface area contributed by atoms with Crippen molar-refractivity contribution in [3.63, 3.8) is 0 Å². The van der Waals surface area contributed by atoms with Gasteiger partial charge in [0.2, 0.25) is 10.0 Å². The molecule has 124 valence electrons. The Morgan fingerprint density at radius 3 is 2.46 bits per heavy atom. The van der Waals surface area contributed by atoms with E-state index in [4.69, 9.17) is 0 Å². The molecule has 2 aromatic carbocycles. The second kappa shape index (κ2) is 7.21. The SMILES string of the molecule is O=S(=O)(NCc1ncc(Cc2ccc(F)cc2)s1)c1ccccc1. The summed E-state index contributed by atoms with van der Waals surface area (Å²) >= 11 is 1.44. The summed E-state index contributed by atoms with van der Waals surface area (Å²) in [5.41, 5.74) is 0.983. The smallest absolute Gasteiger partial charge is 0.240 e. The van der Waals surface area contributed by atoms with Crippen LogP contribution in [0.15, 0.2) is 65.7 Å². The van der Waals surface area contributed by atoms with Crippen LogP contribution in [0.5, 0.6) is 0 Å². The van der Waals surface area contributed by atoms with Crippen LogP contribution in [0.1, 0.15) is 15.4 Å². The third-order valence-corrected chi connectivity index (χ3v) is 5.77. The van der Waals surface area contributed by atoms with Gasteiger partial charge in [0.25, 0.3) is 0 Å². The van der Waals surface area contributed by atoms with E-state index in [-0.39, 0.29) is 17.3 Å². The van der Waals surface area contributed by atoms with Gasteiger partial charge >= 0.3 is 0 Å². The monoisotopic (exact) mass is 362 g/mol. The summed E-state index contributed by atoms with van der Waals surface area (Å²) in [5, 5.41) is 0.687. The molecule has 1 aromatic heterocycles. The van der Waals surface area contributed by atoms with Crippen molar-refractivity contribution >= 4 is 21.4 Å². The first kappa shape index (κ1) is 16.8. The van der Waals surface area contributed by atoms with E-state index in [2.05, 4.69) is 9.71 Å². The summed E-state index contributed by atoms with van der Waals surface area (Å²) in [6.45, 7) is 0.144. The number of aromatic nitrogens is 1. The van der Waals surface area contributed by atoms with Gasteiger partial charge in [-0.25, -0.2) is 22.5 Å². The molecule has 0 atom stereocenters. The number of halogens is 1. The fourth-order valence-corrected chi connectivity index (χ4v) is 4.15. The number of hydrogen-bond acceptors (Lipinski definition) is 4. The maximum Gasteiger partial charge on any atom is 0.240 e. The van der Waals surface area contributed by atoms with Gasteiger partial charge in [0, 0.05) is 17.5 Å². The molecular weight excluding hydrogens is 347 g/mol. The molecule has 1 heterocycles. The molecule has 7 heteroatoms. The zero-order chi connectivity index (χ0) is 17.0. The Morgan fingerprint density at radius 2 is 1.75 bits per heavy atom. The van der Waals surface area contributed by atoms with E-state index in [1.165, 1.54) is 23.5 Å². The summed E-state index contributed by atoms with van der Waals surface area (Å²) in [5.74, 6) is -0.265. The average molecular weight is 362 g/mol. The van der Waals surface area contributed by atoms with E-state index < -0.39 is 10.0 Å². The quantitative estimate of drug-likeness (QED) is 0.732. The van der Waals surface area contributed by atoms with Crippen LogP contribution < -0.4 is 4.72 Å². The third kappa shape index (κ3) is 4.25.